The van der Waals surface area contributed by atoms with E-state index in [1.807, 2.05) is 0 Å². The Labute approximate surface area is 126 Å². The van der Waals surface area contributed by atoms with E-state index in [4.69, 9.17) is 33.0 Å². The smallest absolute Gasteiger partial charge is 0.337 e. The zero-order valence-electron chi connectivity index (χ0n) is 10.7. The minimum absolute atomic E-state index is 0.133. The van der Waals surface area contributed by atoms with Crippen molar-refractivity contribution in [1.82, 2.24) is 4.72 Å². The summed E-state index contributed by atoms with van der Waals surface area (Å²) >= 11 is 11.5. The number of carbonyl (C=O) groups is 1. The number of methoxy groups -OCH3 is 1. The van der Waals surface area contributed by atoms with E-state index >= 15 is 0 Å². The molecule has 0 fully saturated rings. The standard InChI is InChI=1S/C11H13Cl2NO5S/c1-6(5-19-2)14-20(17,18)10-3-7(11(15)16)8(12)4-9(10)13/h3-4,6,14H,5H2,1-2H3,(H,15,16). The zero-order valence-corrected chi connectivity index (χ0v) is 13.0. The maximum atomic E-state index is 12.1. The summed E-state index contributed by atoms with van der Waals surface area (Å²) in [5.74, 6) is -1.34. The molecule has 0 aliphatic heterocycles. The van der Waals surface area contributed by atoms with Crippen LogP contribution in [-0.2, 0) is 14.8 Å². The van der Waals surface area contributed by atoms with Gasteiger partial charge in [0.25, 0.3) is 0 Å². The first kappa shape index (κ1) is 17.2. The van der Waals surface area contributed by atoms with Crippen LogP contribution in [0.15, 0.2) is 17.0 Å². The summed E-state index contributed by atoms with van der Waals surface area (Å²) in [7, 11) is -2.54. The van der Waals surface area contributed by atoms with Gasteiger partial charge in [-0.2, -0.15) is 0 Å². The van der Waals surface area contributed by atoms with Crippen molar-refractivity contribution in [3.05, 3.63) is 27.7 Å². The molecule has 0 aliphatic carbocycles. The predicted molar refractivity (Wildman–Crippen MR) is 75.1 cm³/mol. The molecule has 0 heterocycles. The number of benzene rings is 1. The number of sulfonamides is 1. The van der Waals surface area contributed by atoms with E-state index in [0.717, 1.165) is 12.1 Å². The molecule has 1 rings (SSSR count). The molecule has 0 bridgehead atoms. The number of halogens is 2. The summed E-state index contributed by atoms with van der Waals surface area (Å²) in [5, 5.41) is 8.66. The van der Waals surface area contributed by atoms with Crippen molar-refractivity contribution >= 4 is 39.2 Å². The van der Waals surface area contributed by atoms with Crippen LogP contribution in [0.25, 0.3) is 0 Å². The second-order valence-corrected chi connectivity index (χ2v) is 6.54. The van der Waals surface area contributed by atoms with Crippen molar-refractivity contribution in [2.45, 2.75) is 17.9 Å². The first-order valence-corrected chi connectivity index (χ1v) is 7.66. The van der Waals surface area contributed by atoms with Crippen molar-refractivity contribution in [2.75, 3.05) is 13.7 Å². The summed E-state index contributed by atoms with van der Waals surface area (Å²) in [4.78, 5) is 10.6. The van der Waals surface area contributed by atoms with Gasteiger partial charge in [-0.15, -0.1) is 0 Å². The number of aromatic carboxylic acids is 1. The Balaban J connectivity index is 3.24. The van der Waals surface area contributed by atoms with Crippen LogP contribution in [0.3, 0.4) is 0 Å². The molecule has 6 nitrogen and oxygen atoms in total. The minimum Gasteiger partial charge on any atom is -0.478 e. The first-order valence-electron chi connectivity index (χ1n) is 5.42. The molecule has 1 atom stereocenters. The normalized spacial score (nSPS) is 13.2. The Morgan fingerprint density at radius 3 is 2.50 bits per heavy atom. The number of carboxylic acids is 1. The van der Waals surface area contributed by atoms with E-state index in [1.165, 1.54) is 7.11 Å². The molecule has 1 aromatic rings. The van der Waals surface area contributed by atoms with Gasteiger partial charge in [0.1, 0.15) is 4.90 Å². The van der Waals surface area contributed by atoms with Gasteiger partial charge in [0, 0.05) is 13.2 Å². The third kappa shape index (κ3) is 4.07. The highest BCUT2D eigenvalue weighted by Gasteiger charge is 2.23. The topological polar surface area (TPSA) is 92.7 Å². The maximum absolute atomic E-state index is 12.1. The quantitative estimate of drug-likeness (QED) is 0.825. The number of ether oxygens (including phenoxy) is 1. The van der Waals surface area contributed by atoms with Crippen molar-refractivity contribution in [2.24, 2.45) is 0 Å². The molecule has 9 heteroatoms. The van der Waals surface area contributed by atoms with Crippen molar-refractivity contribution in [3.63, 3.8) is 0 Å². The average Bonchev–Trinajstić information content (AvgIpc) is 2.27. The Hall–Kier alpha value is -0.860. The van der Waals surface area contributed by atoms with Gasteiger partial charge in [-0.1, -0.05) is 23.2 Å². The minimum atomic E-state index is -3.97. The number of hydrogen-bond donors (Lipinski definition) is 2. The molecular formula is C11H13Cl2NO5S. The number of rotatable bonds is 6. The van der Waals surface area contributed by atoms with E-state index in [9.17, 15) is 13.2 Å². The highest BCUT2D eigenvalue weighted by molar-refractivity contribution is 7.89. The van der Waals surface area contributed by atoms with E-state index < -0.39 is 22.0 Å². The maximum Gasteiger partial charge on any atom is 0.337 e. The van der Waals surface area contributed by atoms with Crippen LogP contribution >= 0.6 is 23.2 Å². The van der Waals surface area contributed by atoms with Crippen LogP contribution in [-0.4, -0.2) is 39.3 Å². The molecule has 0 saturated carbocycles. The molecular weight excluding hydrogens is 329 g/mol. The molecule has 0 aliphatic rings. The van der Waals surface area contributed by atoms with Crippen LogP contribution in [0.4, 0.5) is 0 Å². The fourth-order valence-electron chi connectivity index (χ4n) is 1.51. The van der Waals surface area contributed by atoms with Gasteiger partial charge in [0.05, 0.1) is 22.2 Å². The van der Waals surface area contributed by atoms with Gasteiger partial charge in [-0.05, 0) is 19.1 Å². The van der Waals surface area contributed by atoms with E-state index in [-0.39, 0.29) is 27.1 Å². The van der Waals surface area contributed by atoms with Crippen LogP contribution in [0, 0.1) is 0 Å². The fraction of sp³-hybridized carbons (Fsp3) is 0.364. The van der Waals surface area contributed by atoms with Gasteiger partial charge in [-0.25, -0.2) is 17.9 Å². The number of carboxylic acid groups (broad SMARTS) is 1. The van der Waals surface area contributed by atoms with E-state index in [0.29, 0.717) is 0 Å². The summed E-state index contributed by atoms with van der Waals surface area (Å²) in [6.45, 7) is 1.76. The lowest BCUT2D eigenvalue weighted by atomic mass is 10.2. The van der Waals surface area contributed by atoms with Crippen molar-refractivity contribution in [3.8, 4) is 0 Å². The summed E-state index contributed by atoms with van der Waals surface area (Å²) in [5.41, 5.74) is -0.337. The highest BCUT2D eigenvalue weighted by atomic mass is 35.5. The van der Waals surface area contributed by atoms with Crippen LogP contribution in [0.1, 0.15) is 17.3 Å². The van der Waals surface area contributed by atoms with E-state index in [2.05, 4.69) is 4.72 Å². The first-order chi connectivity index (χ1) is 9.19. The molecule has 0 radical (unpaired) electrons. The largest absolute Gasteiger partial charge is 0.478 e. The molecule has 112 valence electrons. The zero-order chi connectivity index (χ0) is 15.5. The highest BCUT2D eigenvalue weighted by Crippen LogP contribution is 2.28. The Morgan fingerprint density at radius 1 is 1.40 bits per heavy atom. The molecule has 1 unspecified atom stereocenters. The molecule has 0 saturated heterocycles. The molecule has 20 heavy (non-hydrogen) atoms. The monoisotopic (exact) mass is 341 g/mol. The van der Waals surface area contributed by atoms with Gasteiger partial charge in [-0.3, -0.25) is 0 Å². The molecule has 0 amide bonds. The van der Waals surface area contributed by atoms with Crippen molar-refractivity contribution < 1.29 is 23.1 Å². The third-order valence-electron chi connectivity index (χ3n) is 2.31. The van der Waals surface area contributed by atoms with Gasteiger partial charge >= 0.3 is 5.97 Å². The lowest BCUT2D eigenvalue weighted by Gasteiger charge is -2.14. The fourth-order valence-corrected chi connectivity index (χ4v) is 3.59. The number of nitrogens with one attached hydrogen (secondary N) is 1. The summed E-state index contributed by atoms with van der Waals surface area (Å²) < 4.78 is 31.4. The summed E-state index contributed by atoms with van der Waals surface area (Å²) in [6.07, 6.45) is 0. The van der Waals surface area contributed by atoms with Gasteiger partial charge < -0.3 is 9.84 Å². The van der Waals surface area contributed by atoms with Crippen LogP contribution in [0.2, 0.25) is 10.0 Å². The molecule has 0 aromatic heterocycles. The average molecular weight is 342 g/mol. The predicted octanol–water partition coefficient (Wildman–Crippen LogP) is 2.00. The third-order valence-corrected chi connectivity index (χ3v) is 4.68. The Bertz CT molecular complexity index is 617. The van der Waals surface area contributed by atoms with Crippen LogP contribution < -0.4 is 4.72 Å². The van der Waals surface area contributed by atoms with Crippen molar-refractivity contribution in [1.29, 1.82) is 0 Å². The number of hydrogen-bond acceptors (Lipinski definition) is 4. The van der Waals surface area contributed by atoms with Crippen LogP contribution in [0.5, 0.6) is 0 Å². The Kier molecular flexibility index (Phi) is 5.79. The summed E-state index contributed by atoms with van der Waals surface area (Å²) in [6, 6.07) is 1.52. The second-order valence-electron chi connectivity index (χ2n) is 4.05. The Morgan fingerprint density at radius 2 is 2.00 bits per heavy atom. The molecule has 1 aromatic carbocycles. The van der Waals surface area contributed by atoms with Gasteiger partial charge in [0.15, 0.2) is 0 Å². The second kappa shape index (κ2) is 6.73. The SMILES string of the molecule is COCC(C)NS(=O)(=O)c1cc(C(=O)O)c(Cl)cc1Cl. The molecule has 0 spiro atoms. The lowest BCUT2D eigenvalue weighted by molar-refractivity contribution is 0.0697. The molecule has 2 N–H and O–H groups in total. The van der Waals surface area contributed by atoms with Gasteiger partial charge in [0.2, 0.25) is 10.0 Å². The lowest BCUT2D eigenvalue weighted by Crippen LogP contribution is -2.35. The van der Waals surface area contributed by atoms with E-state index in [1.54, 1.807) is 6.92 Å².